The number of halogens is 2. The van der Waals surface area contributed by atoms with Gasteiger partial charge in [-0.1, -0.05) is 6.92 Å². The number of rotatable bonds is 6. The zero-order valence-corrected chi connectivity index (χ0v) is 13.9. The molecule has 0 amide bonds. The number of benzene rings is 1. The highest BCUT2D eigenvalue weighted by molar-refractivity contribution is 5.79. The number of guanidine groups is 1. The first kappa shape index (κ1) is 17.7. The fourth-order valence-electron chi connectivity index (χ4n) is 2.92. The fourth-order valence-corrected chi connectivity index (χ4v) is 2.92. The molecule has 0 aromatic heterocycles. The molecule has 6 heteroatoms. The van der Waals surface area contributed by atoms with E-state index in [2.05, 4.69) is 27.4 Å². The van der Waals surface area contributed by atoms with Crippen molar-refractivity contribution in [2.24, 2.45) is 10.9 Å². The molecule has 0 spiro atoms. The Morgan fingerprint density at radius 1 is 1.35 bits per heavy atom. The zero-order chi connectivity index (χ0) is 16.7. The number of nitrogens with zero attached hydrogens (tertiary/aromatic N) is 2. The minimum Gasteiger partial charge on any atom is -0.356 e. The van der Waals surface area contributed by atoms with Crippen molar-refractivity contribution < 1.29 is 8.78 Å². The lowest BCUT2D eigenvalue weighted by atomic mass is 10.1. The third kappa shape index (κ3) is 5.46. The summed E-state index contributed by atoms with van der Waals surface area (Å²) < 4.78 is 26.8. The third-order valence-corrected chi connectivity index (χ3v) is 4.15. The van der Waals surface area contributed by atoms with Crippen molar-refractivity contribution in [1.29, 1.82) is 0 Å². The summed E-state index contributed by atoms with van der Waals surface area (Å²) in [4.78, 5) is 6.61. The van der Waals surface area contributed by atoms with Gasteiger partial charge in [-0.05, 0) is 50.0 Å². The molecule has 4 nitrogen and oxygen atoms in total. The molecule has 128 valence electrons. The molecule has 0 radical (unpaired) electrons. The van der Waals surface area contributed by atoms with Gasteiger partial charge in [-0.2, -0.15) is 0 Å². The Labute approximate surface area is 137 Å². The zero-order valence-electron chi connectivity index (χ0n) is 13.9. The molecular formula is C17H26F2N4. The largest absolute Gasteiger partial charge is 0.356 e. The van der Waals surface area contributed by atoms with Gasteiger partial charge in [-0.25, -0.2) is 8.78 Å². The molecule has 23 heavy (non-hydrogen) atoms. The molecule has 1 heterocycles. The second-order valence-electron chi connectivity index (χ2n) is 6.00. The molecule has 0 saturated carbocycles. The number of nitrogens with one attached hydrogen (secondary N) is 2. The van der Waals surface area contributed by atoms with E-state index >= 15 is 0 Å². The van der Waals surface area contributed by atoms with Crippen LogP contribution in [0.25, 0.3) is 0 Å². The molecule has 1 atom stereocenters. The highest BCUT2D eigenvalue weighted by atomic mass is 19.1. The van der Waals surface area contributed by atoms with E-state index in [-0.39, 0.29) is 6.54 Å². The van der Waals surface area contributed by atoms with Crippen molar-refractivity contribution in [1.82, 2.24) is 15.5 Å². The first-order valence-corrected chi connectivity index (χ1v) is 8.23. The number of likely N-dealkylation sites (tertiary alicyclic amines) is 1. The predicted molar refractivity (Wildman–Crippen MR) is 89.4 cm³/mol. The summed E-state index contributed by atoms with van der Waals surface area (Å²) in [5.41, 5.74) is 0.294. The quantitative estimate of drug-likeness (QED) is 0.623. The lowest BCUT2D eigenvalue weighted by molar-refractivity contribution is 0.324. The van der Waals surface area contributed by atoms with E-state index in [1.165, 1.54) is 18.9 Å². The Bertz CT molecular complexity index is 533. The second kappa shape index (κ2) is 8.82. The molecule has 1 aliphatic heterocycles. The number of aliphatic imine (C=N–C) groups is 1. The maximum atomic E-state index is 13.6. The molecule has 1 aromatic rings. The van der Waals surface area contributed by atoms with Crippen molar-refractivity contribution in [2.75, 3.05) is 33.2 Å². The summed E-state index contributed by atoms with van der Waals surface area (Å²) in [6.07, 6.45) is 2.37. The first-order chi connectivity index (χ1) is 11.1. The maximum Gasteiger partial charge on any atom is 0.191 e. The predicted octanol–water partition coefficient (Wildman–Crippen LogP) is 2.36. The van der Waals surface area contributed by atoms with Gasteiger partial charge < -0.3 is 15.5 Å². The Morgan fingerprint density at radius 3 is 2.91 bits per heavy atom. The minimum atomic E-state index is -0.437. The van der Waals surface area contributed by atoms with Crippen LogP contribution in [0.4, 0.5) is 8.78 Å². The summed E-state index contributed by atoms with van der Waals surface area (Å²) >= 11 is 0. The van der Waals surface area contributed by atoms with Crippen LogP contribution in [-0.2, 0) is 6.54 Å². The van der Waals surface area contributed by atoms with E-state index in [4.69, 9.17) is 0 Å². The van der Waals surface area contributed by atoms with Crippen LogP contribution in [0.3, 0.4) is 0 Å². The average Bonchev–Trinajstić information content (AvgIpc) is 2.98. The Balaban J connectivity index is 1.77. The average molecular weight is 324 g/mol. The van der Waals surface area contributed by atoms with Gasteiger partial charge in [0, 0.05) is 32.2 Å². The molecule has 1 aromatic carbocycles. The molecule has 1 saturated heterocycles. The lowest BCUT2D eigenvalue weighted by Crippen LogP contribution is -2.40. The van der Waals surface area contributed by atoms with Gasteiger partial charge in [0.05, 0.1) is 0 Å². The van der Waals surface area contributed by atoms with Gasteiger partial charge in [-0.15, -0.1) is 0 Å². The van der Waals surface area contributed by atoms with Crippen LogP contribution in [0.1, 0.15) is 25.3 Å². The van der Waals surface area contributed by atoms with E-state index in [0.717, 1.165) is 38.3 Å². The van der Waals surface area contributed by atoms with E-state index in [1.807, 2.05) is 0 Å². The van der Waals surface area contributed by atoms with Crippen LogP contribution < -0.4 is 10.6 Å². The van der Waals surface area contributed by atoms with Gasteiger partial charge in [0.2, 0.25) is 0 Å². The van der Waals surface area contributed by atoms with Crippen molar-refractivity contribution >= 4 is 5.96 Å². The summed E-state index contributed by atoms with van der Waals surface area (Å²) in [6, 6.07) is 3.46. The van der Waals surface area contributed by atoms with Crippen LogP contribution in [0.2, 0.25) is 0 Å². The highest BCUT2D eigenvalue weighted by Crippen LogP contribution is 2.15. The van der Waals surface area contributed by atoms with Gasteiger partial charge >= 0.3 is 0 Å². The molecule has 0 bridgehead atoms. The molecule has 0 aliphatic carbocycles. The highest BCUT2D eigenvalue weighted by Gasteiger charge is 2.21. The van der Waals surface area contributed by atoms with Crippen LogP contribution in [0, 0.1) is 17.6 Å². The van der Waals surface area contributed by atoms with Crippen LogP contribution >= 0.6 is 0 Å². The Morgan fingerprint density at radius 2 is 2.17 bits per heavy atom. The second-order valence-corrected chi connectivity index (χ2v) is 6.00. The summed E-state index contributed by atoms with van der Waals surface area (Å²) in [5, 5.41) is 6.31. The van der Waals surface area contributed by atoms with Gasteiger partial charge in [-0.3, -0.25) is 4.99 Å². The molecule has 2 rings (SSSR count). The van der Waals surface area contributed by atoms with Crippen molar-refractivity contribution in [3.05, 3.63) is 35.4 Å². The maximum absolute atomic E-state index is 13.6. The van der Waals surface area contributed by atoms with Gasteiger partial charge in [0.25, 0.3) is 0 Å². The summed E-state index contributed by atoms with van der Waals surface area (Å²) in [7, 11) is 1.68. The van der Waals surface area contributed by atoms with Crippen molar-refractivity contribution in [3.63, 3.8) is 0 Å². The smallest absolute Gasteiger partial charge is 0.191 e. The van der Waals surface area contributed by atoms with E-state index in [9.17, 15) is 8.78 Å². The van der Waals surface area contributed by atoms with Crippen LogP contribution in [0.15, 0.2) is 23.2 Å². The SMILES string of the molecule is CCCN1CCC(CNC(=NC)NCc2cc(F)ccc2F)C1. The van der Waals surface area contributed by atoms with Gasteiger partial charge in [0.1, 0.15) is 11.6 Å². The Hall–Kier alpha value is -1.69. The monoisotopic (exact) mass is 324 g/mol. The van der Waals surface area contributed by atoms with E-state index in [1.54, 1.807) is 7.05 Å². The van der Waals surface area contributed by atoms with E-state index < -0.39 is 11.6 Å². The first-order valence-electron chi connectivity index (χ1n) is 8.23. The third-order valence-electron chi connectivity index (χ3n) is 4.15. The van der Waals surface area contributed by atoms with Crippen molar-refractivity contribution in [3.8, 4) is 0 Å². The van der Waals surface area contributed by atoms with Crippen molar-refractivity contribution in [2.45, 2.75) is 26.3 Å². The topological polar surface area (TPSA) is 39.7 Å². The van der Waals surface area contributed by atoms with Crippen LogP contribution in [-0.4, -0.2) is 44.1 Å². The van der Waals surface area contributed by atoms with E-state index in [0.29, 0.717) is 17.4 Å². The minimum absolute atomic E-state index is 0.204. The molecular weight excluding hydrogens is 298 g/mol. The molecule has 2 N–H and O–H groups in total. The summed E-state index contributed by atoms with van der Waals surface area (Å²) in [5.74, 6) is 0.363. The standard InChI is InChI=1S/C17H26F2N4/c1-3-7-23-8-6-13(12-23)10-21-17(20-2)22-11-14-9-15(18)4-5-16(14)19/h4-5,9,13H,3,6-8,10-12H2,1-2H3,(H2,20,21,22). The lowest BCUT2D eigenvalue weighted by Gasteiger charge is -2.17. The van der Waals surface area contributed by atoms with Gasteiger partial charge in [0.15, 0.2) is 5.96 Å². The normalized spacial score (nSPS) is 19.1. The number of hydrogen-bond acceptors (Lipinski definition) is 2. The van der Waals surface area contributed by atoms with Crippen LogP contribution in [0.5, 0.6) is 0 Å². The molecule has 1 unspecified atom stereocenters. The Kier molecular flexibility index (Phi) is 6.77. The summed E-state index contributed by atoms with van der Waals surface area (Å²) in [6.45, 7) is 6.66. The molecule has 1 aliphatic rings. The molecule has 1 fully saturated rings. The fraction of sp³-hybridized carbons (Fsp3) is 0.588. The number of hydrogen-bond donors (Lipinski definition) is 2.